The molecule has 0 aromatic heterocycles. The van der Waals surface area contributed by atoms with Gasteiger partial charge in [0, 0.05) is 11.6 Å². The molecule has 0 heterocycles. The number of hydrogen-bond acceptors (Lipinski definition) is 0. The normalized spacial score (nSPS) is 12.5. The van der Waals surface area contributed by atoms with Gasteiger partial charge in [0.1, 0.15) is 17.5 Å². The van der Waals surface area contributed by atoms with Crippen molar-refractivity contribution in [3.8, 4) is 0 Å². The Balaban J connectivity index is 2.41. The lowest BCUT2D eigenvalue weighted by molar-refractivity contribution is 0.574. The van der Waals surface area contributed by atoms with Crippen LogP contribution in [-0.2, 0) is 0 Å². The molecule has 0 aliphatic heterocycles. The van der Waals surface area contributed by atoms with E-state index >= 15 is 0 Å². The summed E-state index contributed by atoms with van der Waals surface area (Å²) in [6.45, 7) is 0. The maximum Gasteiger partial charge on any atom is 0.141 e. The summed E-state index contributed by atoms with van der Waals surface area (Å²) in [5, 5.41) is -0.0422. The minimum atomic E-state index is -0.669. The van der Waals surface area contributed by atoms with E-state index in [4.69, 9.17) is 11.6 Å². The summed E-state index contributed by atoms with van der Waals surface area (Å²) in [5.41, 5.74) is 0.853. The standard InChI is InChI=1S/C13H7BrClF3/c14-13(7-1-4-11(17)10(15)5-7)9-3-2-8(16)6-12(9)18/h1-6,13H. The van der Waals surface area contributed by atoms with Gasteiger partial charge in [0.25, 0.3) is 0 Å². The van der Waals surface area contributed by atoms with Crippen LogP contribution in [0.5, 0.6) is 0 Å². The first-order chi connectivity index (χ1) is 8.49. The Bertz CT molecular complexity index is 586. The Labute approximate surface area is 116 Å². The van der Waals surface area contributed by atoms with Gasteiger partial charge in [0.05, 0.1) is 9.85 Å². The van der Waals surface area contributed by atoms with Crippen molar-refractivity contribution in [2.24, 2.45) is 0 Å². The third kappa shape index (κ3) is 2.70. The summed E-state index contributed by atoms with van der Waals surface area (Å²) >= 11 is 8.95. The van der Waals surface area contributed by atoms with Gasteiger partial charge in [-0.2, -0.15) is 0 Å². The lowest BCUT2D eigenvalue weighted by Gasteiger charge is -2.12. The van der Waals surface area contributed by atoms with Crippen molar-refractivity contribution in [1.29, 1.82) is 0 Å². The number of alkyl halides is 1. The van der Waals surface area contributed by atoms with Crippen LogP contribution >= 0.6 is 27.5 Å². The van der Waals surface area contributed by atoms with Crippen LogP contribution in [0.2, 0.25) is 5.02 Å². The van der Waals surface area contributed by atoms with Crippen molar-refractivity contribution in [3.05, 3.63) is 70.0 Å². The molecule has 0 nitrogen and oxygen atoms in total. The number of hydrogen-bond donors (Lipinski definition) is 0. The molecule has 0 amide bonds. The molecule has 0 aliphatic carbocycles. The molecule has 94 valence electrons. The fourth-order valence-electron chi connectivity index (χ4n) is 1.56. The number of halogens is 5. The zero-order valence-corrected chi connectivity index (χ0v) is 11.3. The van der Waals surface area contributed by atoms with Gasteiger partial charge >= 0.3 is 0 Å². The van der Waals surface area contributed by atoms with Gasteiger partial charge in [0.2, 0.25) is 0 Å². The minimum Gasteiger partial charge on any atom is -0.207 e. The first kappa shape index (κ1) is 13.4. The van der Waals surface area contributed by atoms with Crippen LogP contribution in [0.25, 0.3) is 0 Å². The average molecular weight is 336 g/mol. The summed E-state index contributed by atoms with van der Waals surface area (Å²) in [7, 11) is 0. The third-order valence-corrected chi connectivity index (χ3v) is 3.78. The number of benzene rings is 2. The van der Waals surface area contributed by atoms with Gasteiger partial charge < -0.3 is 0 Å². The Morgan fingerprint density at radius 3 is 2.28 bits per heavy atom. The van der Waals surface area contributed by atoms with E-state index in [9.17, 15) is 13.2 Å². The molecule has 0 saturated carbocycles. The Morgan fingerprint density at radius 1 is 0.944 bits per heavy atom. The highest BCUT2D eigenvalue weighted by Gasteiger charge is 2.16. The van der Waals surface area contributed by atoms with Crippen molar-refractivity contribution < 1.29 is 13.2 Å². The largest absolute Gasteiger partial charge is 0.207 e. The Hall–Kier alpha value is -1.00. The van der Waals surface area contributed by atoms with E-state index in [1.54, 1.807) is 0 Å². The highest BCUT2D eigenvalue weighted by molar-refractivity contribution is 9.09. The first-order valence-electron chi connectivity index (χ1n) is 5.03. The van der Waals surface area contributed by atoms with Crippen LogP contribution in [-0.4, -0.2) is 0 Å². The molecule has 2 aromatic rings. The molecular formula is C13H7BrClF3. The average Bonchev–Trinajstić information content (AvgIpc) is 2.32. The maximum atomic E-state index is 13.6. The van der Waals surface area contributed by atoms with E-state index < -0.39 is 22.3 Å². The van der Waals surface area contributed by atoms with Crippen LogP contribution in [0.3, 0.4) is 0 Å². The molecule has 1 atom stereocenters. The zero-order valence-electron chi connectivity index (χ0n) is 8.93. The van der Waals surface area contributed by atoms with Gasteiger partial charge in [0.15, 0.2) is 0 Å². The van der Waals surface area contributed by atoms with Crippen LogP contribution < -0.4 is 0 Å². The highest BCUT2D eigenvalue weighted by atomic mass is 79.9. The molecule has 0 bridgehead atoms. The Morgan fingerprint density at radius 2 is 1.67 bits per heavy atom. The predicted octanol–water partition coefficient (Wildman–Crippen LogP) is 5.24. The van der Waals surface area contributed by atoms with Crippen LogP contribution in [0.1, 0.15) is 16.0 Å². The molecule has 18 heavy (non-hydrogen) atoms. The minimum absolute atomic E-state index is 0.0422. The first-order valence-corrected chi connectivity index (χ1v) is 6.32. The van der Waals surface area contributed by atoms with Crippen LogP contribution in [0, 0.1) is 17.5 Å². The fourth-order valence-corrected chi connectivity index (χ4v) is 2.40. The van der Waals surface area contributed by atoms with E-state index in [-0.39, 0.29) is 10.6 Å². The molecule has 0 N–H and O–H groups in total. The van der Waals surface area contributed by atoms with Crippen LogP contribution in [0.15, 0.2) is 36.4 Å². The van der Waals surface area contributed by atoms with Crippen molar-refractivity contribution in [2.45, 2.75) is 4.83 Å². The highest BCUT2D eigenvalue weighted by Crippen LogP contribution is 2.34. The summed E-state index contributed by atoms with van der Waals surface area (Å²) in [6.07, 6.45) is 0. The smallest absolute Gasteiger partial charge is 0.141 e. The summed E-state index contributed by atoms with van der Waals surface area (Å²) < 4.78 is 39.4. The number of rotatable bonds is 2. The SMILES string of the molecule is Fc1ccc(C(Br)c2ccc(F)c(Cl)c2)c(F)c1. The van der Waals surface area contributed by atoms with Gasteiger partial charge in [-0.05, 0) is 23.8 Å². The van der Waals surface area contributed by atoms with Crippen molar-refractivity contribution in [3.63, 3.8) is 0 Å². The van der Waals surface area contributed by atoms with Crippen molar-refractivity contribution in [2.75, 3.05) is 0 Å². The lowest BCUT2D eigenvalue weighted by atomic mass is 10.0. The molecule has 2 rings (SSSR count). The maximum absolute atomic E-state index is 13.6. The molecule has 0 aliphatic rings. The molecule has 2 aromatic carbocycles. The van der Waals surface area contributed by atoms with Gasteiger partial charge in [-0.3, -0.25) is 0 Å². The molecule has 0 radical (unpaired) electrons. The molecular weight excluding hydrogens is 328 g/mol. The third-order valence-electron chi connectivity index (χ3n) is 2.47. The lowest BCUT2D eigenvalue weighted by Crippen LogP contribution is -1.98. The van der Waals surface area contributed by atoms with E-state index in [0.29, 0.717) is 5.56 Å². The summed E-state index contributed by atoms with van der Waals surface area (Å²) in [4.78, 5) is -0.517. The predicted molar refractivity (Wildman–Crippen MR) is 68.5 cm³/mol. The van der Waals surface area contributed by atoms with E-state index in [1.165, 1.54) is 24.3 Å². The second-order valence-corrected chi connectivity index (χ2v) is 5.02. The molecule has 1 unspecified atom stereocenters. The van der Waals surface area contributed by atoms with Crippen molar-refractivity contribution in [1.82, 2.24) is 0 Å². The summed E-state index contributed by atoms with van der Waals surface area (Å²) in [6, 6.07) is 7.39. The quantitative estimate of drug-likeness (QED) is 0.658. The monoisotopic (exact) mass is 334 g/mol. The second-order valence-electron chi connectivity index (χ2n) is 3.70. The van der Waals surface area contributed by atoms with E-state index in [2.05, 4.69) is 15.9 Å². The van der Waals surface area contributed by atoms with E-state index in [1.807, 2.05) is 0 Å². The van der Waals surface area contributed by atoms with E-state index in [0.717, 1.165) is 12.1 Å². The zero-order chi connectivity index (χ0) is 13.3. The fraction of sp³-hybridized carbons (Fsp3) is 0.0769. The van der Waals surface area contributed by atoms with Gasteiger partial charge in [-0.15, -0.1) is 0 Å². The molecule has 0 spiro atoms. The molecule has 0 saturated heterocycles. The molecule has 5 heteroatoms. The summed E-state index contributed by atoms with van der Waals surface area (Å²) in [5.74, 6) is -1.86. The van der Waals surface area contributed by atoms with Gasteiger partial charge in [-0.1, -0.05) is 39.7 Å². The Kier molecular flexibility index (Phi) is 3.97. The van der Waals surface area contributed by atoms with Crippen LogP contribution in [0.4, 0.5) is 13.2 Å². The van der Waals surface area contributed by atoms with Crippen molar-refractivity contribution >= 4 is 27.5 Å². The van der Waals surface area contributed by atoms with Gasteiger partial charge in [-0.25, -0.2) is 13.2 Å². The second kappa shape index (κ2) is 5.33. The topological polar surface area (TPSA) is 0 Å². The molecule has 0 fully saturated rings.